The van der Waals surface area contributed by atoms with E-state index >= 15 is 0 Å². The molecule has 0 radical (unpaired) electrons. The molecule has 0 aromatic carbocycles. The summed E-state index contributed by atoms with van der Waals surface area (Å²) in [5.41, 5.74) is -0.250. The van der Waals surface area contributed by atoms with Crippen LogP contribution in [0.4, 0.5) is 0 Å². The Kier molecular flexibility index (Phi) is 5.19. The maximum Gasteiger partial charge on any atom is 0.236 e. The molecule has 2 unspecified atom stereocenters. The first kappa shape index (κ1) is 14.8. The van der Waals surface area contributed by atoms with Crippen LogP contribution < -0.4 is 5.32 Å². The highest BCUT2D eigenvalue weighted by Gasteiger charge is 2.34. The Labute approximate surface area is 115 Å². The Morgan fingerprint density at radius 3 is 2.84 bits per heavy atom. The molecule has 1 saturated heterocycles. The molecule has 2 rings (SSSR count). The normalized spacial score (nSPS) is 32.3. The third kappa shape index (κ3) is 3.91. The van der Waals surface area contributed by atoms with Gasteiger partial charge in [0.15, 0.2) is 0 Å². The zero-order chi connectivity index (χ0) is 13.7. The van der Waals surface area contributed by atoms with E-state index < -0.39 is 0 Å². The second-order valence-corrected chi connectivity index (χ2v) is 5.99. The van der Waals surface area contributed by atoms with Crippen molar-refractivity contribution >= 4 is 5.91 Å². The van der Waals surface area contributed by atoms with Crippen molar-refractivity contribution in [3.05, 3.63) is 0 Å². The van der Waals surface area contributed by atoms with Gasteiger partial charge in [-0.2, -0.15) is 0 Å². The largest absolute Gasteiger partial charge is 0.394 e. The maximum atomic E-state index is 12.1. The molecule has 2 N–H and O–H groups in total. The molecule has 2 fully saturated rings. The predicted molar refractivity (Wildman–Crippen MR) is 72.9 cm³/mol. The van der Waals surface area contributed by atoms with E-state index in [2.05, 4.69) is 12.2 Å². The van der Waals surface area contributed by atoms with Crippen molar-refractivity contribution in [2.24, 2.45) is 5.92 Å². The average molecular weight is 270 g/mol. The quantitative estimate of drug-likeness (QED) is 0.775. The number of ether oxygens (including phenoxy) is 1. The van der Waals surface area contributed by atoms with E-state index in [9.17, 15) is 9.90 Å². The monoisotopic (exact) mass is 270 g/mol. The van der Waals surface area contributed by atoms with E-state index in [1.54, 1.807) is 0 Å². The van der Waals surface area contributed by atoms with Crippen LogP contribution in [0.15, 0.2) is 0 Å². The smallest absolute Gasteiger partial charge is 0.236 e. The SMILES string of the molecule is CC1CCCC(CO)(NCC(=O)N2CCOCC2)C1. The Morgan fingerprint density at radius 2 is 2.21 bits per heavy atom. The first-order chi connectivity index (χ1) is 9.15. The molecule has 0 spiro atoms. The summed E-state index contributed by atoms with van der Waals surface area (Å²) in [4.78, 5) is 13.9. The van der Waals surface area contributed by atoms with E-state index in [-0.39, 0.29) is 18.1 Å². The molecule has 1 aliphatic heterocycles. The van der Waals surface area contributed by atoms with E-state index in [1.165, 1.54) is 6.42 Å². The number of amides is 1. The summed E-state index contributed by atoms with van der Waals surface area (Å²) in [6.45, 7) is 5.30. The number of nitrogens with one attached hydrogen (secondary N) is 1. The summed E-state index contributed by atoms with van der Waals surface area (Å²) >= 11 is 0. The number of nitrogens with zero attached hydrogens (tertiary/aromatic N) is 1. The van der Waals surface area contributed by atoms with Gasteiger partial charge in [-0.05, 0) is 18.8 Å². The molecule has 5 heteroatoms. The summed E-state index contributed by atoms with van der Waals surface area (Å²) in [7, 11) is 0. The van der Waals surface area contributed by atoms with Gasteiger partial charge in [0.05, 0.1) is 26.4 Å². The van der Waals surface area contributed by atoms with Gasteiger partial charge in [0.1, 0.15) is 0 Å². The number of carbonyl (C=O) groups is 1. The van der Waals surface area contributed by atoms with Gasteiger partial charge in [-0.3, -0.25) is 4.79 Å². The summed E-state index contributed by atoms with van der Waals surface area (Å²) in [5, 5.41) is 13.0. The lowest BCUT2D eigenvalue weighted by molar-refractivity contribution is -0.134. The first-order valence-corrected chi connectivity index (χ1v) is 7.37. The number of carbonyl (C=O) groups excluding carboxylic acids is 1. The van der Waals surface area contributed by atoms with Gasteiger partial charge < -0.3 is 20.1 Å². The second-order valence-electron chi connectivity index (χ2n) is 5.99. The van der Waals surface area contributed by atoms with Crippen molar-refractivity contribution in [1.82, 2.24) is 10.2 Å². The van der Waals surface area contributed by atoms with Gasteiger partial charge in [-0.1, -0.05) is 19.8 Å². The molecule has 1 heterocycles. The molecule has 1 saturated carbocycles. The minimum absolute atomic E-state index is 0.119. The van der Waals surface area contributed by atoms with Crippen LogP contribution in [0.3, 0.4) is 0 Å². The van der Waals surface area contributed by atoms with E-state index in [4.69, 9.17) is 4.74 Å². The van der Waals surface area contributed by atoms with Gasteiger partial charge in [-0.15, -0.1) is 0 Å². The molecule has 0 aromatic heterocycles. The van der Waals surface area contributed by atoms with Crippen molar-refractivity contribution in [3.63, 3.8) is 0 Å². The van der Waals surface area contributed by atoms with E-state index in [1.807, 2.05) is 4.90 Å². The van der Waals surface area contributed by atoms with Crippen molar-refractivity contribution in [2.75, 3.05) is 39.5 Å². The van der Waals surface area contributed by atoms with Crippen molar-refractivity contribution in [2.45, 2.75) is 38.1 Å². The molecule has 0 bridgehead atoms. The van der Waals surface area contributed by atoms with Gasteiger partial charge in [0.2, 0.25) is 5.91 Å². The molecular formula is C14H26N2O3. The Hall–Kier alpha value is -0.650. The standard InChI is InChI=1S/C14H26N2O3/c1-12-3-2-4-14(9-12,11-17)15-10-13(18)16-5-7-19-8-6-16/h12,15,17H,2-11H2,1H3. The van der Waals surface area contributed by atoms with Gasteiger partial charge in [0.25, 0.3) is 0 Å². The topological polar surface area (TPSA) is 61.8 Å². The van der Waals surface area contributed by atoms with Gasteiger partial charge >= 0.3 is 0 Å². The Morgan fingerprint density at radius 1 is 1.47 bits per heavy atom. The van der Waals surface area contributed by atoms with Crippen LogP contribution in [-0.2, 0) is 9.53 Å². The number of hydrogen-bond donors (Lipinski definition) is 2. The van der Waals surface area contributed by atoms with Crippen molar-refractivity contribution < 1.29 is 14.6 Å². The van der Waals surface area contributed by atoms with Crippen LogP contribution in [0.25, 0.3) is 0 Å². The maximum absolute atomic E-state index is 12.1. The van der Waals surface area contributed by atoms with Crippen molar-refractivity contribution in [3.8, 4) is 0 Å². The van der Waals surface area contributed by atoms with Gasteiger partial charge in [0, 0.05) is 18.6 Å². The fourth-order valence-corrected chi connectivity index (χ4v) is 3.21. The van der Waals surface area contributed by atoms with Crippen LogP contribution in [0.2, 0.25) is 0 Å². The lowest BCUT2D eigenvalue weighted by Crippen LogP contribution is -2.55. The number of rotatable bonds is 4. The molecule has 1 aliphatic carbocycles. The zero-order valence-corrected chi connectivity index (χ0v) is 11.9. The number of morpholine rings is 1. The molecule has 2 atom stereocenters. The van der Waals surface area contributed by atoms with Gasteiger partial charge in [-0.25, -0.2) is 0 Å². The third-order valence-electron chi connectivity index (χ3n) is 4.37. The van der Waals surface area contributed by atoms with Crippen molar-refractivity contribution in [1.29, 1.82) is 0 Å². The highest BCUT2D eigenvalue weighted by Crippen LogP contribution is 2.31. The summed E-state index contributed by atoms with van der Waals surface area (Å²) in [6, 6.07) is 0. The average Bonchev–Trinajstić information content (AvgIpc) is 2.46. The molecule has 110 valence electrons. The molecule has 2 aliphatic rings. The van der Waals surface area contributed by atoms with Crippen LogP contribution in [0.5, 0.6) is 0 Å². The lowest BCUT2D eigenvalue weighted by Gasteiger charge is -2.40. The number of aliphatic hydroxyl groups is 1. The fraction of sp³-hybridized carbons (Fsp3) is 0.929. The lowest BCUT2D eigenvalue weighted by atomic mass is 9.77. The zero-order valence-electron chi connectivity index (χ0n) is 11.9. The van der Waals surface area contributed by atoms with Crippen LogP contribution in [-0.4, -0.2) is 60.9 Å². The Bertz CT molecular complexity index is 305. The first-order valence-electron chi connectivity index (χ1n) is 7.37. The minimum Gasteiger partial charge on any atom is -0.394 e. The van der Waals surface area contributed by atoms with E-state index in [0.29, 0.717) is 38.8 Å². The minimum atomic E-state index is -0.250. The molecule has 1 amide bonds. The number of hydrogen-bond acceptors (Lipinski definition) is 4. The molecule has 19 heavy (non-hydrogen) atoms. The second kappa shape index (κ2) is 6.68. The summed E-state index contributed by atoms with van der Waals surface area (Å²) < 4.78 is 5.25. The molecular weight excluding hydrogens is 244 g/mol. The third-order valence-corrected chi connectivity index (χ3v) is 4.37. The highest BCUT2D eigenvalue weighted by molar-refractivity contribution is 5.78. The van der Waals surface area contributed by atoms with E-state index in [0.717, 1.165) is 19.3 Å². The molecule has 0 aromatic rings. The fourth-order valence-electron chi connectivity index (χ4n) is 3.21. The summed E-state index contributed by atoms with van der Waals surface area (Å²) in [5.74, 6) is 0.737. The highest BCUT2D eigenvalue weighted by atomic mass is 16.5. The van der Waals surface area contributed by atoms with Crippen LogP contribution >= 0.6 is 0 Å². The van der Waals surface area contributed by atoms with Crippen LogP contribution in [0, 0.1) is 5.92 Å². The molecule has 5 nitrogen and oxygen atoms in total. The Balaban J connectivity index is 1.83. The summed E-state index contributed by atoms with van der Waals surface area (Å²) in [6.07, 6.45) is 4.27. The van der Waals surface area contributed by atoms with Crippen LogP contribution in [0.1, 0.15) is 32.6 Å². The number of aliphatic hydroxyl groups excluding tert-OH is 1. The predicted octanol–water partition coefficient (Wildman–Crippen LogP) is 0.376.